The molecule has 0 N–H and O–H groups in total. The fourth-order valence-corrected chi connectivity index (χ4v) is 9.89. The Morgan fingerprint density at radius 3 is 1.97 bits per heavy atom. The van der Waals surface area contributed by atoms with E-state index >= 15 is 0 Å². The zero-order valence-electron chi connectivity index (χ0n) is 40.3. The van der Waals surface area contributed by atoms with Crippen LogP contribution in [0.3, 0.4) is 0 Å². The third kappa shape index (κ3) is 9.50. The Morgan fingerprint density at radius 2 is 1.26 bits per heavy atom. The van der Waals surface area contributed by atoms with Crippen LogP contribution in [0.2, 0.25) is 10.6 Å². The van der Waals surface area contributed by atoms with E-state index < -0.39 is 21.4 Å². The summed E-state index contributed by atoms with van der Waals surface area (Å²) in [6.07, 6.45) is 1.93. The summed E-state index contributed by atoms with van der Waals surface area (Å²) in [4.78, 5) is 9.42. The molecule has 8 aromatic rings. The van der Waals surface area contributed by atoms with Gasteiger partial charge in [-0.1, -0.05) is 147 Å². The molecule has 0 spiro atoms. The minimum Gasteiger partial charge on any atom is -0.493 e. The van der Waals surface area contributed by atoms with E-state index in [0.717, 1.165) is 78.8 Å². The Labute approximate surface area is 422 Å². The predicted octanol–water partition coefficient (Wildman–Crippen LogP) is 13.9. The number of hydrogen-bond donors (Lipinski definition) is 0. The molecule has 2 aromatic heterocycles. The van der Waals surface area contributed by atoms with Gasteiger partial charge in [-0.2, -0.15) is 65.4 Å². The first-order valence-corrected chi connectivity index (χ1v) is 24.4. The van der Waals surface area contributed by atoms with Crippen molar-refractivity contribution in [2.24, 2.45) is 0 Å². The van der Waals surface area contributed by atoms with Crippen LogP contribution in [0.1, 0.15) is 79.0 Å². The van der Waals surface area contributed by atoms with Crippen molar-refractivity contribution in [1.82, 2.24) is 9.55 Å². The topological polar surface area (TPSA) is 52.0 Å². The van der Waals surface area contributed by atoms with Crippen LogP contribution in [-0.4, -0.2) is 30.9 Å². The van der Waals surface area contributed by atoms with Gasteiger partial charge in [0.05, 0.1) is 0 Å². The van der Waals surface area contributed by atoms with Crippen LogP contribution in [0.5, 0.6) is 0 Å². The fourth-order valence-electron chi connectivity index (χ4n) is 9.01. The van der Waals surface area contributed by atoms with Crippen LogP contribution < -0.4 is 15.3 Å². The molecule has 0 bridgehead atoms. The Bertz CT molecular complexity index is 3070. The molecule has 2 aliphatic rings. The van der Waals surface area contributed by atoms with E-state index in [0.29, 0.717) is 0 Å². The summed E-state index contributed by atoms with van der Waals surface area (Å²) in [5, 5.41) is 1.82. The average molecular weight is 1090 g/mol. The van der Waals surface area contributed by atoms with E-state index in [1.54, 1.807) is 0 Å². The van der Waals surface area contributed by atoms with E-state index in [1.165, 1.54) is 16.3 Å². The molecule has 1 fully saturated rings. The van der Waals surface area contributed by atoms with E-state index in [4.69, 9.17) is 18.7 Å². The number of aromatic nitrogens is 2. The van der Waals surface area contributed by atoms with E-state index in [-0.39, 0.29) is 37.1 Å². The van der Waals surface area contributed by atoms with Gasteiger partial charge >= 0.3 is 21.4 Å². The van der Waals surface area contributed by atoms with Crippen LogP contribution in [0.25, 0.3) is 38.8 Å². The summed E-state index contributed by atoms with van der Waals surface area (Å²) < 4.78 is 22.4. The summed E-state index contributed by atoms with van der Waals surface area (Å²) in [6.45, 7) is 21.8. The van der Waals surface area contributed by atoms with E-state index in [2.05, 4.69) is 235 Å². The number of fused-ring (bicyclic) bond motifs is 4. The van der Waals surface area contributed by atoms with Crippen molar-refractivity contribution in [3.63, 3.8) is 0 Å². The van der Waals surface area contributed by atoms with Crippen LogP contribution >= 0.6 is 11.8 Å². The van der Waals surface area contributed by atoms with Gasteiger partial charge in [-0.15, -0.1) is 17.7 Å². The second-order valence-corrected chi connectivity index (χ2v) is 21.9. The molecule has 346 valence electrons. The molecule has 4 heterocycles. The summed E-state index contributed by atoms with van der Waals surface area (Å²) >= 11 is 1.87. The van der Waals surface area contributed by atoms with Gasteiger partial charge in [0.1, 0.15) is 5.82 Å². The van der Waals surface area contributed by atoms with Crippen LogP contribution in [0, 0.1) is 18.8 Å². The second kappa shape index (κ2) is 19.1. The largest absolute Gasteiger partial charge is 0.493 e. The van der Waals surface area contributed by atoms with Crippen molar-refractivity contribution in [3.05, 3.63) is 181 Å². The van der Waals surface area contributed by atoms with Gasteiger partial charge in [0.15, 0.2) is 0 Å². The molecule has 0 saturated carbocycles. The first-order chi connectivity index (χ1) is 32.1. The average Bonchev–Trinajstić information content (AvgIpc) is 3.87. The number of para-hydroxylation sites is 4. The number of rotatable bonds is 9. The maximum atomic E-state index is 6.80. The molecular weight excluding hydrogens is 1040 g/mol. The summed E-state index contributed by atoms with van der Waals surface area (Å²) in [6, 6.07) is 57.1. The standard InChI is InChI=1S/C56H56B3N4O3S.Pt/c1-54(2,3)42-31-32-60-52(35-42)63-48-26-14-13-23-45(48)46-30-29-40(34-51(46)63)37-67-36-39-19-17-22-43(33-39)61-38-62(50-28-16-15-27-49(50)61)53-44(41-20-11-10-12-21-41)24-18-25-47(53)57-64-58(55(4,5)6)66-59(65-57)56(7,8)9;/h10-32,35,38H,36-37H2,1-9H3;/q-3;. The molecule has 12 heteroatoms. The van der Waals surface area contributed by atoms with Gasteiger partial charge < -0.3 is 28.1 Å². The van der Waals surface area contributed by atoms with Gasteiger partial charge in [-0.05, 0) is 74.4 Å². The van der Waals surface area contributed by atoms with Gasteiger partial charge in [0, 0.05) is 60.9 Å². The summed E-state index contributed by atoms with van der Waals surface area (Å²) in [5.74, 6) is 2.51. The number of hydrogen-bond acceptors (Lipinski definition) is 7. The number of thioether (sulfide) groups is 1. The SMILES string of the molecule is CC(C)(C)B1OB(c2cccc(-c3ccccc3)c2N2[CH-]N(c3[c-]c(CSCc4[c-]c5c(cc4)c4ccccc4n5-c4cc(C(C)(C)C)ccn4)ccc3)c3ccccc32)OB(C(C)(C)C)O1.[Pt]. The molecule has 68 heavy (non-hydrogen) atoms. The normalized spacial score (nSPS) is 14.5. The molecule has 0 amide bonds. The Hall–Kier alpha value is -5.02. The molecule has 10 rings (SSSR count). The number of pyridine rings is 1. The zero-order chi connectivity index (χ0) is 46.7. The molecule has 1 saturated heterocycles. The molecule has 0 atom stereocenters. The van der Waals surface area contributed by atoms with Gasteiger partial charge in [0.2, 0.25) is 0 Å². The van der Waals surface area contributed by atoms with Crippen molar-refractivity contribution in [2.75, 3.05) is 9.80 Å². The summed E-state index contributed by atoms with van der Waals surface area (Å²) in [7, 11) is -1.64. The minimum atomic E-state index is -0.681. The van der Waals surface area contributed by atoms with Gasteiger partial charge in [-0.25, -0.2) is 4.98 Å². The van der Waals surface area contributed by atoms with Crippen LogP contribution in [0.4, 0.5) is 22.7 Å². The van der Waals surface area contributed by atoms with Gasteiger partial charge in [-0.3, -0.25) is 0 Å². The molecule has 0 aliphatic carbocycles. The van der Waals surface area contributed by atoms with E-state index in [9.17, 15) is 0 Å². The van der Waals surface area contributed by atoms with Gasteiger partial charge in [0.25, 0.3) is 0 Å². The predicted molar refractivity (Wildman–Crippen MR) is 283 cm³/mol. The van der Waals surface area contributed by atoms with Crippen molar-refractivity contribution < 1.29 is 34.8 Å². The zero-order valence-corrected chi connectivity index (χ0v) is 43.4. The van der Waals surface area contributed by atoms with Crippen molar-refractivity contribution in [1.29, 1.82) is 0 Å². The summed E-state index contributed by atoms with van der Waals surface area (Å²) in [5.41, 5.74) is 12.9. The number of nitrogens with zero attached hydrogens (tertiary/aromatic N) is 4. The van der Waals surface area contributed by atoms with E-state index in [1.807, 2.05) is 18.0 Å². The van der Waals surface area contributed by atoms with Crippen molar-refractivity contribution in [2.45, 2.75) is 89.9 Å². The monoisotopic (exact) mass is 1090 g/mol. The second-order valence-electron chi connectivity index (χ2n) is 20.9. The quantitative estimate of drug-likeness (QED) is 0.105. The molecule has 0 unspecified atom stereocenters. The molecule has 6 aromatic carbocycles. The number of benzene rings is 6. The van der Waals surface area contributed by atoms with Crippen LogP contribution in [-0.2, 0) is 51.7 Å². The maximum absolute atomic E-state index is 6.80. The third-order valence-corrected chi connectivity index (χ3v) is 13.6. The third-order valence-electron chi connectivity index (χ3n) is 12.5. The smallest absolute Gasteiger partial charge is 0.468 e. The first-order valence-electron chi connectivity index (χ1n) is 23.3. The maximum Gasteiger partial charge on any atom is 0.468 e. The number of anilines is 4. The van der Waals surface area contributed by atoms with Crippen LogP contribution in [0.15, 0.2) is 146 Å². The van der Waals surface area contributed by atoms with Crippen molar-refractivity contribution >= 4 is 83.1 Å². The Kier molecular flexibility index (Phi) is 13.5. The minimum absolute atomic E-state index is 0. The molecule has 7 nitrogen and oxygen atoms in total. The Morgan fingerprint density at radius 1 is 0.618 bits per heavy atom. The first kappa shape index (κ1) is 48.0. The fraction of sp³-hybridized carbons (Fsp3) is 0.250. The molecular formula is C56H56B3N4O3PtS-3. The van der Waals surface area contributed by atoms with Crippen molar-refractivity contribution in [3.8, 4) is 16.9 Å². The molecule has 2 aliphatic heterocycles. The Balaban J connectivity index is 0.00000578. The molecule has 0 radical (unpaired) electrons.